The van der Waals surface area contributed by atoms with E-state index >= 15 is 0 Å². The summed E-state index contributed by atoms with van der Waals surface area (Å²) >= 11 is 1.79. The van der Waals surface area contributed by atoms with Crippen molar-refractivity contribution in [1.82, 2.24) is 4.31 Å². The second kappa shape index (κ2) is 7.00. The SMILES string of the molecule is CCOc1ccc(S(=O)(=O)N(C)C2CCSC2)cc1CN. The summed E-state index contributed by atoms with van der Waals surface area (Å²) in [4.78, 5) is 0.283. The van der Waals surface area contributed by atoms with Crippen LogP contribution in [0.2, 0.25) is 0 Å². The van der Waals surface area contributed by atoms with E-state index in [-0.39, 0.29) is 17.5 Å². The number of nitrogens with zero attached hydrogens (tertiary/aromatic N) is 1. The van der Waals surface area contributed by atoms with Gasteiger partial charge in [-0.2, -0.15) is 16.1 Å². The van der Waals surface area contributed by atoms with Crippen molar-refractivity contribution in [3.05, 3.63) is 23.8 Å². The molecule has 1 aliphatic rings. The van der Waals surface area contributed by atoms with E-state index in [4.69, 9.17) is 10.5 Å². The maximum Gasteiger partial charge on any atom is 0.243 e. The van der Waals surface area contributed by atoms with E-state index in [0.29, 0.717) is 17.9 Å². The molecule has 1 atom stereocenters. The molecule has 0 spiro atoms. The Morgan fingerprint density at radius 1 is 1.48 bits per heavy atom. The van der Waals surface area contributed by atoms with Crippen molar-refractivity contribution in [2.75, 3.05) is 25.2 Å². The summed E-state index contributed by atoms with van der Waals surface area (Å²) in [6, 6.07) is 4.99. The largest absolute Gasteiger partial charge is 0.494 e. The van der Waals surface area contributed by atoms with Gasteiger partial charge in [0.2, 0.25) is 10.0 Å². The Kier molecular flexibility index (Phi) is 5.54. The van der Waals surface area contributed by atoms with Gasteiger partial charge < -0.3 is 10.5 Å². The summed E-state index contributed by atoms with van der Waals surface area (Å²) in [5, 5.41) is 0. The van der Waals surface area contributed by atoms with Crippen molar-refractivity contribution in [3.63, 3.8) is 0 Å². The molecular formula is C14H22N2O3S2. The minimum Gasteiger partial charge on any atom is -0.494 e. The molecule has 1 aliphatic heterocycles. The zero-order valence-corrected chi connectivity index (χ0v) is 14.0. The third kappa shape index (κ3) is 3.53. The highest BCUT2D eigenvalue weighted by Crippen LogP contribution is 2.28. The molecule has 21 heavy (non-hydrogen) atoms. The summed E-state index contributed by atoms with van der Waals surface area (Å²) in [5.74, 6) is 2.52. The minimum atomic E-state index is -3.48. The van der Waals surface area contributed by atoms with E-state index in [1.165, 1.54) is 4.31 Å². The first kappa shape index (κ1) is 16.6. The average Bonchev–Trinajstić information content (AvgIpc) is 3.01. The smallest absolute Gasteiger partial charge is 0.243 e. The number of sulfonamides is 1. The summed E-state index contributed by atoms with van der Waals surface area (Å²) < 4.78 is 32.3. The lowest BCUT2D eigenvalue weighted by atomic mass is 10.2. The maximum absolute atomic E-state index is 12.7. The van der Waals surface area contributed by atoms with Crippen LogP contribution in [0.15, 0.2) is 23.1 Å². The predicted octanol–water partition coefficient (Wildman–Crippen LogP) is 1.67. The Morgan fingerprint density at radius 2 is 2.24 bits per heavy atom. The van der Waals surface area contributed by atoms with Gasteiger partial charge in [-0.1, -0.05) is 0 Å². The molecule has 1 unspecified atom stereocenters. The Morgan fingerprint density at radius 3 is 2.81 bits per heavy atom. The number of hydrogen-bond donors (Lipinski definition) is 1. The van der Waals surface area contributed by atoms with Gasteiger partial charge >= 0.3 is 0 Å². The number of ether oxygens (including phenoxy) is 1. The van der Waals surface area contributed by atoms with Crippen LogP contribution in [-0.4, -0.2) is 43.9 Å². The normalized spacial score (nSPS) is 19.1. The number of benzene rings is 1. The van der Waals surface area contributed by atoms with Gasteiger partial charge in [-0.15, -0.1) is 0 Å². The molecule has 1 heterocycles. The molecule has 0 aromatic heterocycles. The van der Waals surface area contributed by atoms with Gasteiger partial charge in [-0.25, -0.2) is 8.42 Å². The predicted molar refractivity (Wildman–Crippen MR) is 86.2 cm³/mol. The minimum absolute atomic E-state index is 0.0768. The molecule has 1 aromatic carbocycles. The van der Waals surface area contributed by atoms with Gasteiger partial charge in [0.15, 0.2) is 0 Å². The van der Waals surface area contributed by atoms with Crippen LogP contribution < -0.4 is 10.5 Å². The van der Waals surface area contributed by atoms with Gasteiger partial charge in [-0.05, 0) is 37.3 Å². The highest BCUT2D eigenvalue weighted by atomic mass is 32.2. The molecule has 2 rings (SSSR count). The Balaban J connectivity index is 2.31. The average molecular weight is 330 g/mol. The van der Waals surface area contributed by atoms with Crippen LogP contribution >= 0.6 is 11.8 Å². The molecule has 2 N–H and O–H groups in total. The van der Waals surface area contributed by atoms with Crippen molar-refractivity contribution < 1.29 is 13.2 Å². The quantitative estimate of drug-likeness (QED) is 0.859. The highest BCUT2D eigenvalue weighted by molar-refractivity contribution is 7.99. The molecule has 1 saturated heterocycles. The van der Waals surface area contributed by atoms with E-state index in [2.05, 4.69) is 0 Å². The zero-order valence-electron chi connectivity index (χ0n) is 12.4. The highest BCUT2D eigenvalue weighted by Gasteiger charge is 2.30. The van der Waals surface area contributed by atoms with E-state index in [0.717, 1.165) is 17.9 Å². The summed E-state index contributed by atoms with van der Waals surface area (Å²) in [6.07, 6.45) is 0.904. The van der Waals surface area contributed by atoms with Crippen LogP contribution in [0.3, 0.4) is 0 Å². The number of nitrogens with two attached hydrogens (primary N) is 1. The molecular weight excluding hydrogens is 308 g/mol. The van der Waals surface area contributed by atoms with Crippen molar-refractivity contribution in [3.8, 4) is 5.75 Å². The molecule has 7 heteroatoms. The van der Waals surface area contributed by atoms with E-state index < -0.39 is 10.0 Å². The van der Waals surface area contributed by atoms with Crippen LogP contribution in [-0.2, 0) is 16.6 Å². The van der Waals surface area contributed by atoms with Crippen molar-refractivity contribution in [2.24, 2.45) is 5.73 Å². The van der Waals surface area contributed by atoms with Gasteiger partial charge in [0, 0.05) is 31.0 Å². The van der Waals surface area contributed by atoms with Crippen molar-refractivity contribution in [1.29, 1.82) is 0 Å². The van der Waals surface area contributed by atoms with Gasteiger partial charge in [0.05, 0.1) is 11.5 Å². The summed E-state index contributed by atoms with van der Waals surface area (Å²) in [6.45, 7) is 2.66. The second-order valence-electron chi connectivity index (χ2n) is 4.95. The Bertz CT molecular complexity index is 584. The third-order valence-corrected chi connectivity index (χ3v) is 6.70. The lowest BCUT2D eigenvalue weighted by Gasteiger charge is -2.23. The second-order valence-corrected chi connectivity index (χ2v) is 8.09. The lowest BCUT2D eigenvalue weighted by molar-refractivity contribution is 0.336. The van der Waals surface area contributed by atoms with Gasteiger partial charge in [-0.3, -0.25) is 0 Å². The van der Waals surface area contributed by atoms with Gasteiger partial charge in [0.1, 0.15) is 5.75 Å². The number of thioether (sulfide) groups is 1. The zero-order chi connectivity index (χ0) is 15.5. The van der Waals surface area contributed by atoms with Crippen LogP contribution in [0, 0.1) is 0 Å². The van der Waals surface area contributed by atoms with Gasteiger partial charge in [0.25, 0.3) is 0 Å². The first-order chi connectivity index (χ1) is 10.0. The Hall–Kier alpha value is -0.760. The lowest BCUT2D eigenvalue weighted by Crippen LogP contribution is -2.37. The molecule has 0 bridgehead atoms. The molecule has 0 amide bonds. The summed E-state index contributed by atoms with van der Waals surface area (Å²) in [7, 11) is -1.82. The molecule has 1 fully saturated rings. The number of hydrogen-bond acceptors (Lipinski definition) is 5. The van der Waals surface area contributed by atoms with E-state index in [9.17, 15) is 8.42 Å². The van der Waals surface area contributed by atoms with Crippen LogP contribution in [0.4, 0.5) is 0 Å². The van der Waals surface area contributed by atoms with Crippen molar-refractivity contribution in [2.45, 2.75) is 30.8 Å². The maximum atomic E-state index is 12.7. The van der Waals surface area contributed by atoms with Crippen LogP contribution in [0.5, 0.6) is 5.75 Å². The monoisotopic (exact) mass is 330 g/mol. The first-order valence-corrected chi connectivity index (χ1v) is 9.61. The fourth-order valence-corrected chi connectivity index (χ4v) is 5.14. The first-order valence-electron chi connectivity index (χ1n) is 7.02. The molecule has 5 nitrogen and oxygen atoms in total. The fraction of sp³-hybridized carbons (Fsp3) is 0.571. The van der Waals surface area contributed by atoms with Crippen LogP contribution in [0.1, 0.15) is 18.9 Å². The fourth-order valence-electron chi connectivity index (χ4n) is 2.34. The standard InChI is InChI=1S/C14H22N2O3S2/c1-3-19-14-5-4-13(8-11(14)9-15)21(17,18)16(2)12-6-7-20-10-12/h4-5,8,12H,3,6-7,9-10,15H2,1-2H3. The third-order valence-electron chi connectivity index (χ3n) is 3.65. The molecule has 0 radical (unpaired) electrons. The van der Waals surface area contributed by atoms with E-state index in [1.54, 1.807) is 37.0 Å². The Labute approximate surface area is 130 Å². The van der Waals surface area contributed by atoms with Crippen molar-refractivity contribution >= 4 is 21.8 Å². The topological polar surface area (TPSA) is 72.6 Å². The number of rotatable bonds is 6. The molecule has 0 aliphatic carbocycles. The molecule has 0 saturated carbocycles. The summed E-state index contributed by atoms with van der Waals surface area (Å²) in [5.41, 5.74) is 6.41. The molecule has 118 valence electrons. The van der Waals surface area contributed by atoms with E-state index in [1.807, 2.05) is 6.92 Å². The van der Waals surface area contributed by atoms with Crippen LogP contribution in [0.25, 0.3) is 0 Å². The molecule has 1 aromatic rings.